The van der Waals surface area contributed by atoms with E-state index in [4.69, 9.17) is 23.2 Å². The second kappa shape index (κ2) is 5.85. The summed E-state index contributed by atoms with van der Waals surface area (Å²) < 4.78 is 15.0. The SMILES string of the molecule is Fc1ccc(-c2c3cnnc(Cl)c3nn2-c2ccccc2Cl)cc1. The summed E-state index contributed by atoms with van der Waals surface area (Å²) in [4.78, 5) is 0. The Kier molecular flexibility index (Phi) is 3.67. The van der Waals surface area contributed by atoms with Gasteiger partial charge >= 0.3 is 0 Å². The number of nitrogens with zero attached hydrogens (tertiary/aromatic N) is 4. The zero-order valence-electron chi connectivity index (χ0n) is 12.1. The molecule has 24 heavy (non-hydrogen) atoms. The molecule has 2 aromatic carbocycles. The minimum Gasteiger partial charge on any atom is -0.230 e. The minimum absolute atomic E-state index is 0.196. The molecule has 0 saturated heterocycles. The molecule has 118 valence electrons. The average molecular weight is 359 g/mol. The van der Waals surface area contributed by atoms with Crippen molar-refractivity contribution in [3.63, 3.8) is 0 Å². The molecule has 0 bridgehead atoms. The molecule has 0 unspecified atom stereocenters. The number of hydrogen-bond acceptors (Lipinski definition) is 3. The van der Waals surface area contributed by atoms with Crippen LogP contribution < -0.4 is 0 Å². The van der Waals surface area contributed by atoms with Gasteiger partial charge in [-0.1, -0.05) is 35.3 Å². The van der Waals surface area contributed by atoms with Crippen LogP contribution in [0.3, 0.4) is 0 Å². The van der Waals surface area contributed by atoms with E-state index >= 15 is 0 Å². The van der Waals surface area contributed by atoms with Crippen LogP contribution in [0.4, 0.5) is 4.39 Å². The maximum Gasteiger partial charge on any atom is 0.179 e. The molecule has 7 heteroatoms. The molecule has 2 heterocycles. The molecule has 0 aliphatic carbocycles. The first-order valence-corrected chi connectivity index (χ1v) is 7.81. The Morgan fingerprint density at radius 2 is 1.71 bits per heavy atom. The lowest BCUT2D eigenvalue weighted by Gasteiger charge is -2.09. The van der Waals surface area contributed by atoms with Gasteiger partial charge in [0.15, 0.2) is 5.15 Å². The highest BCUT2D eigenvalue weighted by Gasteiger charge is 2.19. The summed E-state index contributed by atoms with van der Waals surface area (Å²) in [6.07, 6.45) is 1.58. The van der Waals surface area contributed by atoms with E-state index in [1.165, 1.54) is 12.1 Å². The van der Waals surface area contributed by atoms with Crippen molar-refractivity contribution in [1.29, 1.82) is 0 Å². The van der Waals surface area contributed by atoms with Gasteiger partial charge in [0.2, 0.25) is 0 Å². The lowest BCUT2D eigenvalue weighted by molar-refractivity contribution is 0.628. The van der Waals surface area contributed by atoms with Crippen molar-refractivity contribution in [2.75, 3.05) is 0 Å². The summed E-state index contributed by atoms with van der Waals surface area (Å²) in [5.41, 5.74) is 2.68. The number of aromatic nitrogens is 4. The van der Waals surface area contributed by atoms with E-state index < -0.39 is 0 Å². The molecule has 0 atom stereocenters. The summed E-state index contributed by atoms with van der Waals surface area (Å²) >= 11 is 12.5. The van der Waals surface area contributed by atoms with E-state index in [0.717, 1.165) is 11.3 Å². The first-order valence-electron chi connectivity index (χ1n) is 7.06. The maximum absolute atomic E-state index is 13.3. The van der Waals surface area contributed by atoms with E-state index in [1.54, 1.807) is 29.1 Å². The third-order valence-electron chi connectivity index (χ3n) is 3.65. The highest BCUT2D eigenvalue weighted by atomic mass is 35.5. The van der Waals surface area contributed by atoms with Gasteiger partial charge in [0.05, 0.1) is 28.0 Å². The van der Waals surface area contributed by atoms with E-state index in [1.807, 2.05) is 18.2 Å². The monoisotopic (exact) mass is 358 g/mol. The van der Waals surface area contributed by atoms with Crippen molar-refractivity contribution in [2.45, 2.75) is 0 Å². The van der Waals surface area contributed by atoms with E-state index in [2.05, 4.69) is 15.3 Å². The summed E-state index contributed by atoms with van der Waals surface area (Å²) in [7, 11) is 0. The van der Waals surface area contributed by atoms with Gasteiger partial charge in [-0.05, 0) is 36.4 Å². The van der Waals surface area contributed by atoms with Gasteiger partial charge in [0.1, 0.15) is 11.3 Å². The van der Waals surface area contributed by atoms with Crippen LogP contribution in [0, 0.1) is 5.82 Å². The second-order valence-electron chi connectivity index (χ2n) is 5.12. The molecule has 0 aliphatic heterocycles. The molecule has 4 nitrogen and oxygen atoms in total. The van der Waals surface area contributed by atoms with Crippen LogP contribution in [0.2, 0.25) is 10.2 Å². The summed E-state index contributed by atoms with van der Waals surface area (Å²) in [5.74, 6) is -0.315. The Hall–Kier alpha value is -2.50. The van der Waals surface area contributed by atoms with Gasteiger partial charge in [0, 0.05) is 5.56 Å². The average Bonchev–Trinajstić information content (AvgIpc) is 2.97. The second-order valence-corrected chi connectivity index (χ2v) is 5.88. The van der Waals surface area contributed by atoms with Crippen molar-refractivity contribution >= 4 is 34.1 Å². The van der Waals surface area contributed by atoms with Crippen LogP contribution in [-0.4, -0.2) is 20.0 Å². The molecule has 4 rings (SSSR count). The summed E-state index contributed by atoms with van der Waals surface area (Å²) in [6.45, 7) is 0. The predicted molar refractivity (Wildman–Crippen MR) is 92.1 cm³/mol. The van der Waals surface area contributed by atoms with Crippen LogP contribution in [-0.2, 0) is 0 Å². The van der Waals surface area contributed by atoms with E-state index in [0.29, 0.717) is 21.6 Å². The van der Waals surface area contributed by atoms with E-state index in [9.17, 15) is 4.39 Å². The lowest BCUT2D eigenvalue weighted by Crippen LogP contribution is -1.99. The standard InChI is InChI=1S/C17H9Cl2FN4/c18-13-3-1-2-4-14(13)24-16(10-5-7-11(20)8-6-10)12-9-21-22-17(19)15(12)23-24/h1-9H. The fourth-order valence-corrected chi connectivity index (χ4v) is 2.97. The molecular formula is C17H9Cl2FN4. The number of benzene rings is 2. The quantitative estimate of drug-likeness (QED) is 0.510. The number of fused-ring (bicyclic) bond motifs is 1. The summed E-state index contributed by atoms with van der Waals surface area (Å²) in [6, 6.07) is 13.4. The summed E-state index contributed by atoms with van der Waals surface area (Å²) in [5, 5.41) is 13.7. The third-order valence-corrected chi connectivity index (χ3v) is 4.22. The van der Waals surface area contributed by atoms with Crippen LogP contribution in [0.25, 0.3) is 27.8 Å². The van der Waals surface area contributed by atoms with Crippen LogP contribution in [0.15, 0.2) is 54.7 Å². The van der Waals surface area contributed by atoms with Crippen molar-refractivity contribution in [2.24, 2.45) is 0 Å². The first kappa shape index (κ1) is 15.1. The molecule has 0 spiro atoms. The highest BCUT2D eigenvalue weighted by molar-refractivity contribution is 6.34. The minimum atomic E-state index is -0.315. The molecule has 0 radical (unpaired) electrons. The van der Waals surface area contributed by atoms with Gasteiger partial charge in [-0.3, -0.25) is 0 Å². The largest absolute Gasteiger partial charge is 0.230 e. The van der Waals surface area contributed by atoms with Gasteiger partial charge in [-0.25, -0.2) is 9.07 Å². The van der Waals surface area contributed by atoms with Crippen LogP contribution in [0.1, 0.15) is 0 Å². The van der Waals surface area contributed by atoms with Gasteiger partial charge < -0.3 is 0 Å². The number of hydrogen-bond donors (Lipinski definition) is 0. The van der Waals surface area contributed by atoms with Crippen LogP contribution in [0.5, 0.6) is 0 Å². The van der Waals surface area contributed by atoms with Crippen molar-refractivity contribution in [3.8, 4) is 16.9 Å². The van der Waals surface area contributed by atoms with Crippen LogP contribution >= 0.6 is 23.2 Å². The normalized spacial score (nSPS) is 11.1. The number of halogens is 3. The number of para-hydroxylation sites is 1. The Morgan fingerprint density at radius 1 is 0.958 bits per heavy atom. The zero-order valence-corrected chi connectivity index (χ0v) is 13.6. The maximum atomic E-state index is 13.3. The smallest absolute Gasteiger partial charge is 0.179 e. The molecule has 4 aromatic rings. The molecule has 0 amide bonds. The van der Waals surface area contributed by atoms with E-state index in [-0.39, 0.29) is 11.0 Å². The predicted octanol–water partition coefficient (Wildman–Crippen LogP) is 4.93. The fraction of sp³-hybridized carbons (Fsp3) is 0. The van der Waals surface area contributed by atoms with Gasteiger partial charge in [0.25, 0.3) is 0 Å². The van der Waals surface area contributed by atoms with Gasteiger partial charge in [-0.2, -0.15) is 10.2 Å². The topological polar surface area (TPSA) is 43.6 Å². The van der Waals surface area contributed by atoms with Gasteiger partial charge in [-0.15, -0.1) is 5.10 Å². The van der Waals surface area contributed by atoms with Crippen molar-refractivity contribution in [3.05, 3.63) is 70.7 Å². The van der Waals surface area contributed by atoms with Crippen molar-refractivity contribution in [1.82, 2.24) is 20.0 Å². The first-order chi connectivity index (χ1) is 11.6. The Labute approximate surface area is 146 Å². The Balaban J connectivity index is 2.10. The molecule has 0 aliphatic rings. The molecule has 0 saturated carbocycles. The zero-order chi connectivity index (χ0) is 16.7. The Bertz CT molecular complexity index is 1040. The lowest BCUT2D eigenvalue weighted by atomic mass is 10.1. The molecule has 2 aromatic heterocycles. The fourth-order valence-electron chi connectivity index (χ4n) is 2.57. The molecule has 0 fully saturated rings. The molecule has 0 N–H and O–H groups in total. The molecular weight excluding hydrogens is 350 g/mol. The Morgan fingerprint density at radius 3 is 2.46 bits per heavy atom. The van der Waals surface area contributed by atoms with Crippen molar-refractivity contribution < 1.29 is 4.39 Å². The number of rotatable bonds is 2. The third kappa shape index (κ3) is 2.42. The highest BCUT2D eigenvalue weighted by Crippen LogP contribution is 2.34.